The number of nitrogens with one attached hydrogen (secondary N) is 2. The van der Waals surface area contributed by atoms with Crippen LogP contribution in [0.2, 0.25) is 0 Å². The van der Waals surface area contributed by atoms with Crippen LogP contribution in [0.1, 0.15) is 26.2 Å². The highest BCUT2D eigenvalue weighted by atomic mass is 35.6. The van der Waals surface area contributed by atoms with E-state index in [1.807, 2.05) is 6.92 Å². The maximum atomic E-state index is 11.6. The molecule has 0 aromatic rings. The van der Waals surface area contributed by atoms with Crippen molar-refractivity contribution >= 4 is 50.5 Å². The van der Waals surface area contributed by atoms with Gasteiger partial charge in [0.15, 0.2) is 9.84 Å². The molecule has 2 atom stereocenters. The first kappa shape index (κ1) is 17.3. The molecule has 0 spiro atoms. The molecule has 0 unspecified atom stereocenters. The van der Waals surface area contributed by atoms with Crippen molar-refractivity contribution in [2.45, 2.75) is 42.2 Å². The van der Waals surface area contributed by atoms with Gasteiger partial charge in [-0.15, -0.1) is 0 Å². The molecular formula is C10H17Cl3N2O3S. The fourth-order valence-electron chi connectivity index (χ4n) is 1.84. The second-order valence-electron chi connectivity index (χ2n) is 4.56. The summed E-state index contributed by atoms with van der Waals surface area (Å²) in [7, 11) is -3.03. The molecule has 1 rings (SSSR count). The Labute approximate surface area is 128 Å². The number of rotatable bonds is 5. The molecule has 19 heavy (non-hydrogen) atoms. The standard InChI is InChI=1S/C10H17Cl3N2O3S/c1-2-3-8(16)15-9(10(11,12)13)14-7-4-5-19(17,18)6-7/h7,9,14H,2-6H2,1H3,(H,15,16)/t7-,9-/m0/s1. The summed E-state index contributed by atoms with van der Waals surface area (Å²) in [6.07, 6.45) is 0.538. The van der Waals surface area contributed by atoms with Crippen molar-refractivity contribution in [1.82, 2.24) is 10.6 Å². The lowest BCUT2D eigenvalue weighted by Gasteiger charge is -2.29. The third-order valence-corrected chi connectivity index (χ3v) is 5.17. The van der Waals surface area contributed by atoms with E-state index in [0.717, 1.165) is 0 Å². The van der Waals surface area contributed by atoms with Gasteiger partial charge in [-0.25, -0.2) is 8.42 Å². The Hall–Kier alpha value is 0.250. The van der Waals surface area contributed by atoms with Crippen molar-refractivity contribution < 1.29 is 13.2 Å². The van der Waals surface area contributed by atoms with Crippen molar-refractivity contribution in [2.75, 3.05) is 11.5 Å². The number of amides is 1. The van der Waals surface area contributed by atoms with Crippen molar-refractivity contribution in [3.8, 4) is 0 Å². The van der Waals surface area contributed by atoms with Gasteiger partial charge in [-0.05, 0) is 12.8 Å². The topological polar surface area (TPSA) is 75.3 Å². The highest BCUT2D eigenvalue weighted by Crippen LogP contribution is 2.30. The van der Waals surface area contributed by atoms with Gasteiger partial charge < -0.3 is 5.32 Å². The Balaban J connectivity index is 2.63. The van der Waals surface area contributed by atoms with Crippen LogP contribution >= 0.6 is 34.8 Å². The van der Waals surface area contributed by atoms with Crippen LogP contribution in [-0.4, -0.2) is 41.8 Å². The maximum Gasteiger partial charge on any atom is 0.223 e. The molecule has 1 saturated heterocycles. The highest BCUT2D eigenvalue weighted by molar-refractivity contribution is 7.91. The van der Waals surface area contributed by atoms with Gasteiger partial charge in [-0.2, -0.15) is 0 Å². The van der Waals surface area contributed by atoms with E-state index in [4.69, 9.17) is 34.8 Å². The summed E-state index contributed by atoms with van der Waals surface area (Å²) >= 11 is 17.4. The summed E-state index contributed by atoms with van der Waals surface area (Å²) < 4.78 is 21.0. The average Bonchev–Trinajstić information content (AvgIpc) is 2.56. The normalized spacial score (nSPS) is 24.1. The van der Waals surface area contributed by atoms with Gasteiger partial charge in [-0.3, -0.25) is 10.1 Å². The number of carbonyl (C=O) groups excluding carboxylic acids is 1. The number of halogens is 3. The smallest absolute Gasteiger partial charge is 0.223 e. The SMILES string of the molecule is CCCC(=O)N[C@H](N[C@H]1CCS(=O)(=O)C1)C(Cl)(Cl)Cl. The molecule has 9 heteroatoms. The molecule has 2 N–H and O–H groups in total. The van der Waals surface area contributed by atoms with E-state index in [-0.39, 0.29) is 23.5 Å². The van der Waals surface area contributed by atoms with Crippen LogP contribution in [0.15, 0.2) is 0 Å². The molecule has 1 aliphatic rings. The first-order valence-electron chi connectivity index (χ1n) is 5.96. The molecular weight excluding hydrogens is 335 g/mol. The fourth-order valence-corrected chi connectivity index (χ4v) is 3.88. The summed E-state index contributed by atoms with van der Waals surface area (Å²) in [6, 6.07) is -0.312. The largest absolute Gasteiger partial charge is 0.337 e. The second-order valence-corrected chi connectivity index (χ2v) is 9.16. The monoisotopic (exact) mass is 350 g/mol. The first-order valence-corrected chi connectivity index (χ1v) is 8.92. The average molecular weight is 352 g/mol. The molecule has 112 valence electrons. The van der Waals surface area contributed by atoms with Crippen molar-refractivity contribution in [3.63, 3.8) is 0 Å². The summed E-state index contributed by atoms with van der Waals surface area (Å²) in [5.74, 6) is -0.138. The Morgan fingerprint density at radius 2 is 2.05 bits per heavy atom. The molecule has 1 heterocycles. The van der Waals surface area contributed by atoms with Gasteiger partial charge >= 0.3 is 0 Å². The van der Waals surface area contributed by atoms with E-state index in [2.05, 4.69) is 10.6 Å². The molecule has 0 aromatic heterocycles. The zero-order valence-corrected chi connectivity index (χ0v) is 13.5. The minimum atomic E-state index is -3.03. The molecule has 0 saturated carbocycles. The van der Waals surface area contributed by atoms with E-state index in [1.54, 1.807) is 0 Å². The minimum absolute atomic E-state index is 0.00606. The van der Waals surface area contributed by atoms with Crippen LogP contribution in [0.3, 0.4) is 0 Å². The first-order chi connectivity index (χ1) is 8.64. The summed E-state index contributed by atoms with van der Waals surface area (Å²) in [6.45, 7) is 1.86. The Bertz CT molecular complexity index is 422. The maximum absolute atomic E-state index is 11.6. The van der Waals surface area contributed by atoms with Crippen molar-refractivity contribution in [2.24, 2.45) is 0 Å². The lowest BCUT2D eigenvalue weighted by molar-refractivity contribution is -0.122. The van der Waals surface area contributed by atoms with Gasteiger partial charge in [0, 0.05) is 12.5 Å². The molecule has 1 aliphatic heterocycles. The van der Waals surface area contributed by atoms with Gasteiger partial charge in [0.2, 0.25) is 9.70 Å². The Morgan fingerprint density at radius 3 is 2.47 bits per heavy atom. The molecule has 1 fully saturated rings. The third-order valence-electron chi connectivity index (χ3n) is 2.74. The van der Waals surface area contributed by atoms with Gasteiger partial charge in [-0.1, -0.05) is 41.7 Å². The molecule has 1 amide bonds. The van der Waals surface area contributed by atoms with Crippen LogP contribution in [0.5, 0.6) is 0 Å². The van der Waals surface area contributed by atoms with Crippen LogP contribution < -0.4 is 10.6 Å². The van der Waals surface area contributed by atoms with Crippen LogP contribution in [-0.2, 0) is 14.6 Å². The number of hydrogen-bond acceptors (Lipinski definition) is 4. The van der Waals surface area contributed by atoms with E-state index in [9.17, 15) is 13.2 Å². The van der Waals surface area contributed by atoms with Gasteiger partial charge in [0.25, 0.3) is 0 Å². The second kappa shape index (κ2) is 6.80. The highest BCUT2D eigenvalue weighted by Gasteiger charge is 2.38. The predicted molar refractivity (Wildman–Crippen MR) is 77.3 cm³/mol. The lowest BCUT2D eigenvalue weighted by atomic mass is 10.2. The van der Waals surface area contributed by atoms with Gasteiger partial charge in [0.1, 0.15) is 6.17 Å². The Morgan fingerprint density at radius 1 is 1.42 bits per heavy atom. The molecule has 0 aromatic carbocycles. The fraction of sp³-hybridized carbons (Fsp3) is 0.900. The number of sulfone groups is 1. The zero-order valence-electron chi connectivity index (χ0n) is 10.5. The van der Waals surface area contributed by atoms with Crippen molar-refractivity contribution in [1.29, 1.82) is 0 Å². The van der Waals surface area contributed by atoms with E-state index in [0.29, 0.717) is 19.3 Å². The summed E-state index contributed by atoms with van der Waals surface area (Å²) in [5, 5.41) is 5.47. The van der Waals surface area contributed by atoms with Crippen LogP contribution in [0, 0.1) is 0 Å². The van der Waals surface area contributed by atoms with Gasteiger partial charge in [0.05, 0.1) is 11.5 Å². The number of alkyl halides is 3. The summed E-state index contributed by atoms with van der Waals surface area (Å²) in [5.41, 5.74) is 0. The minimum Gasteiger partial charge on any atom is -0.337 e. The quantitative estimate of drug-likeness (QED) is 0.579. The van der Waals surface area contributed by atoms with E-state index >= 15 is 0 Å². The number of hydrogen-bond donors (Lipinski definition) is 2. The summed E-state index contributed by atoms with van der Waals surface area (Å²) in [4.78, 5) is 11.6. The zero-order chi connectivity index (χ0) is 14.7. The van der Waals surface area contributed by atoms with Crippen LogP contribution in [0.25, 0.3) is 0 Å². The van der Waals surface area contributed by atoms with E-state index < -0.39 is 19.8 Å². The number of carbonyl (C=O) groups is 1. The predicted octanol–water partition coefficient (Wildman–Crippen LogP) is 1.38. The lowest BCUT2D eigenvalue weighted by Crippen LogP contribution is -2.56. The molecule has 0 bridgehead atoms. The molecule has 0 radical (unpaired) electrons. The van der Waals surface area contributed by atoms with Crippen molar-refractivity contribution in [3.05, 3.63) is 0 Å². The Kier molecular flexibility index (Phi) is 6.20. The molecule has 5 nitrogen and oxygen atoms in total. The van der Waals surface area contributed by atoms with Crippen LogP contribution in [0.4, 0.5) is 0 Å². The van der Waals surface area contributed by atoms with E-state index in [1.165, 1.54) is 0 Å². The third kappa shape index (κ3) is 6.04. The molecule has 0 aliphatic carbocycles.